The molecule has 106 valence electrons. The summed E-state index contributed by atoms with van der Waals surface area (Å²) in [6.07, 6.45) is 2.72. The maximum absolute atomic E-state index is 6.19. The third kappa shape index (κ3) is 2.57. The van der Waals surface area contributed by atoms with Gasteiger partial charge in [0.05, 0.1) is 11.7 Å². The fraction of sp³-hybridized carbons (Fsp3) is 0.267. The second-order valence-corrected chi connectivity index (χ2v) is 4.86. The minimum Gasteiger partial charge on any atom is -0.444 e. The Kier molecular flexibility index (Phi) is 4.16. The largest absolute Gasteiger partial charge is 0.444 e. The number of aromatic amines is 1. The topological polar surface area (TPSA) is 67.8 Å². The summed E-state index contributed by atoms with van der Waals surface area (Å²) in [7, 11) is 0. The van der Waals surface area contributed by atoms with E-state index in [4.69, 9.17) is 10.2 Å². The summed E-state index contributed by atoms with van der Waals surface area (Å²) in [6.45, 7) is 3.84. The van der Waals surface area contributed by atoms with Crippen LogP contribution in [0.3, 0.4) is 0 Å². The number of nitrogens with one attached hydrogen (secondary N) is 1. The molecule has 0 aliphatic carbocycles. The normalized spacial score (nSPS) is 12.3. The number of para-hydroxylation sites is 1. The third-order valence-electron chi connectivity index (χ3n) is 3.48. The number of benzene rings is 1. The number of rotatable bonds is 3. The van der Waals surface area contributed by atoms with E-state index < -0.39 is 0 Å². The van der Waals surface area contributed by atoms with E-state index in [1.165, 1.54) is 10.9 Å². The van der Waals surface area contributed by atoms with Gasteiger partial charge in [-0.2, -0.15) is 0 Å². The molecule has 20 heavy (non-hydrogen) atoms. The molecule has 2 aromatic heterocycles. The van der Waals surface area contributed by atoms with E-state index >= 15 is 0 Å². The first kappa shape index (κ1) is 14.6. The smallest absolute Gasteiger partial charge is 0.211 e. The van der Waals surface area contributed by atoms with Gasteiger partial charge < -0.3 is 15.1 Å². The van der Waals surface area contributed by atoms with Gasteiger partial charge in [0, 0.05) is 17.1 Å². The quantitative estimate of drug-likeness (QED) is 0.777. The summed E-state index contributed by atoms with van der Waals surface area (Å²) in [5, 5.41) is 1.21. The van der Waals surface area contributed by atoms with Crippen LogP contribution in [0.4, 0.5) is 0 Å². The molecule has 1 atom stereocenters. The molecule has 0 fully saturated rings. The van der Waals surface area contributed by atoms with Crippen LogP contribution in [0.1, 0.15) is 29.0 Å². The fourth-order valence-corrected chi connectivity index (χ4v) is 2.28. The van der Waals surface area contributed by atoms with Crippen molar-refractivity contribution in [3.8, 4) is 0 Å². The molecule has 3 rings (SSSR count). The Morgan fingerprint density at radius 2 is 2.05 bits per heavy atom. The molecule has 0 amide bonds. The highest BCUT2D eigenvalue weighted by atomic mass is 35.5. The summed E-state index contributed by atoms with van der Waals surface area (Å²) in [5.41, 5.74) is 9.42. The minimum absolute atomic E-state index is 0. The minimum atomic E-state index is -0.216. The Bertz CT molecular complexity index is 697. The highest BCUT2D eigenvalue weighted by Gasteiger charge is 2.16. The summed E-state index contributed by atoms with van der Waals surface area (Å²) in [6, 6.07) is 7.99. The fourth-order valence-electron chi connectivity index (χ4n) is 2.28. The van der Waals surface area contributed by atoms with Crippen LogP contribution in [0.25, 0.3) is 10.9 Å². The Morgan fingerprint density at radius 1 is 1.30 bits per heavy atom. The van der Waals surface area contributed by atoms with Crippen molar-refractivity contribution in [3.05, 3.63) is 53.4 Å². The molecule has 0 spiro atoms. The number of hydrogen-bond acceptors (Lipinski definition) is 3. The van der Waals surface area contributed by atoms with Gasteiger partial charge in [-0.25, -0.2) is 4.98 Å². The Morgan fingerprint density at radius 3 is 2.75 bits per heavy atom. The van der Waals surface area contributed by atoms with Crippen LogP contribution < -0.4 is 5.73 Å². The third-order valence-corrected chi connectivity index (χ3v) is 3.48. The molecule has 1 aromatic carbocycles. The number of oxazole rings is 1. The van der Waals surface area contributed by atoms with Gasteiger partial charge in [-0.05, 0) is 31.9 Å². The average molecular weight is 292 g/mol. The van der Waals surface area contributed by atoms with Crippen LogP contribution in [-0.2, 0) is 6.42 Å². The molecule has 4 nitrogen and oxygen atoms in total. The molecule has 2 heterocycles. The van der Waals surface area contributed by atoms with Gasteiger partial charge >= 0.3 is 0 Å². The molecule has 0 aliphatic rings. The highest BCUT2D eigenvalue weighted by molar-refractivity contribution is 5.85. The van der Waals surface area contributed by atoms with Gasteiger partial charge in [0.1, 0.15) is 5.76 Å². The van der Waals surface area contributed by atoms with Crippen molar-refractivity contribution in [2.75, 3.05) is 0 Å². The molecule has 0 radical (unpaired) electrons. The van der Waals surface area contributed by atoms with Gasteiger partial charge in [-0.1, -0.05) is 18.2 Å². The zero-order valence-corrected chi connectivity index (χ0v) is 12.3. The lowest BCUT2D eigenvalue weighted by Gasteiger charge is -2.06. The van der Waals surface area contributed by atoms with E-state index in [-0.39, 0.29) is 18.4 Å². The zero-order chi connectivity index (χ0) is 13.4. The number of hydrogen-bond donors (Lipinski definition) is 2. The van der Waals surface area contributed by atoms with Crippen LogP contribution in [-0.4, -0.2) is 9.97 Å². The lowest BCUT2D eigenvalue weighted by atomic mass is 10.1. The van der Waals surface area contributed by atoms with Crippen LogP contribution in [0.15, 0.2) is 34.9 Å². The summed E-state index contributed by atoms with van der Waals surface area (Å²) in [4.78, 5) is 7.62. The molecule has 5 heteroatoms. The average Bonchev–Trinajstić information content (AvgIpc) is 2.95. The van der Waals surface area contributed by atoms with Crippen molar-refractivity contribution in [2.45, 2.75) is 26.3 Å². The predicted octanol–water partition coefficient (Wildman–Crippen LogP) is 3.44. The number of H-pyrrole nitrogens is 1. The Labute approximate surface area is 123 Å². The molecule has 0 saturated heterocycles. The van der Waals surface area contributed by atoms with Crippen LogP contribution >= 0.6 is 12.4 Å². The monoisotopic (exact) mass is 291 g/mol. The zero-order valence-electron chi connectivity index (χ0n) is 11.5. The lowest BCUT2D eigenvalue weighted by Crippen LogP contribution is -2.13. The van der Waals surface area contributed by atoms with Crippen molar-refractivity contribution in [1.82, 2.24) is 9.97 Å². The van der Waals surface area contributed by atoms with Crippen LogP contribution in [0.2, 0.25) is 0 Å². The van der Waals surface area contributed by atoms with E-state index in [1.54, 1.807) is 0 Å². The van der Waals surface area contributed by atoms with E-state index in [0.717, 1.165) is 17.0 Å². The molecule has 0 aliphatic heterocycles. The molecule has 0 bridgehead atoms. The first-order valence-electron chi connectivity index (χ1n) is 6.39. The number of aryl methyl sites for hydroxylation is 2. The van der Waals surface area contributed by atoms with E-state index in [0.29, 0.717) is 12.3 Å². The number of halogens is 1. The second kappa shape index (κ2) is 5.69. The van der Waals surface area contributed by atoms with Gasteiger partial charge in [-0.3, -0.25) is 0 Å². The SMILES string of the molecule is Cc1nc([C@H](N)Cc2c[nH]c3ccccc23)oc1C.Cl. The first-order chi connectivity index (χ1) is 9.15. The molecule has 3 aromatic rings. The van der Waals surface area contributed by atoms with Crippen molar-refractivity contribution in [3.63, 3.8) is 0 Å². The molecule has 0 unspecified atom stereocenters. The van der Waals surface area contributed by atoms with Crippen LogP contribution in [0, 0.1) is 13.8 Å². The molecule has 0 saturated carbocycles. The maximum Gasteiger partial charge on any atom is 0.211 e. The molecular formula is C15H18ClN3O. The van der Waals surface area contributed by atoms with Crippen LogP contribution in [0.5, 0.6) is 0 Å². The van der Waals surface area contributed by atoms with E-state index in [1.807, 2.05) is 32.2 Å². The number of nitrogens with two attached hydrogens (primary N) is 1. The Balaban J connectivity index is 0.00000147. The maximum atomic E-state index is 6.19. The molecule has 3 N–H and O–H groups in total. The lowest BCUT2D eigenvalue weighted by molar-refractivity contribution is 0.431. The van der Waals surface area contributed by atoms with Crippen molar-refractivity contribution in [2.24, 2.45) is 5.73 Å². The van der Waals surface area contributed by atoms with E-state index in [2.05, 4.69) is 22.1 Å². The van der Waals surface area contributed by atoms with E-state index in [9.17, 15) is 0 Å². The van der Waals surface area contributed by atoms with Gasteiger partial charge in [0.15, 0.2) is 0 Å². The number of nitrogens with zero attached hydrogens (tertiary/aromatic N) is 1. The predicted molar refractivity (Wildman–Crippen MR) is 82.2 cm³/mol. The first-order valence-corrected chi connectivity index (χ1v) is 6.39. The van der Waals surface area contributed by atoms with Crippen molar-refractivity contribution < 1.29 is 4.42 Å². The second-order valence-electron chi connectivity index (χ2n) is 4.86. The van der Waals surface area contributed by atoms with Crippen molar-refractivity contribution in [1.29, 1.82) is 0 Å². The van der Waals surface area contributed by atoms with Gasteiger partial charge in [0.2, 0.25) is 5.89 Å². The number of fused-ring (bicyclic) bond motifs is 1. The summed E-state index contributed by atoms with van der Waals surface area (Å²) >= 11 is 0. The van der Waals surface area contributed by atoms with Gasteiger partial charge in [0.25, 0.3) is 0 Å². The standard InChI is InChI=1S/C15H17N3O.ClH/c1-9-10(2)19-15(18-9)13(16)7-11-8-17-14-6-4-3-5-12(11)14;/h3-6,8,13,17H,7,16H2,1-2H3;1H/t13-;/m1./s1. The summed E-state index contributed by atoms with van der Waals surface area (Å²) < 4.78 is 5.59. The summed E-state index contributed by atoms with van der Waals surface area (Å²) in [5.74, 6) is 1.45. The Hall–Kier alpha value is -1.78. The number of aromatic nitrogens is 2. The van der Waals surface area contributed by atoms with Crippen molar-refractivity contribution >= 4 is 23.3 Å². The van der Waals surface area contributed by atoms with Gasteiger partial charge in [-0.15, -0.1) is 12.4 Å². The highest BCUT2D eigenvalue weighted by Crippen LogP contribution is 2.23. The molecular weight excluding hydrogens is 274 g/mol.